The number of aromatic nitrogens is 2. The molecule has 1 N–H and O–H groups in total. The number of nitrogens with one attached hydrogen (secondary N) is 1. The van der Waals surface area contributed by atoms with Crippen LogP contribution in [-0.4, -0.2) is 17.0 Å². The van der Waals surface area contributed by atoms with Crippen molar-refractivity contribution in [1.29, 1.82) is 0 Å². The zero-order valence-corrected chi connectivity index (χ0v) is 10.9. The molecule has 1 heterocycles. The molecule has 0 atom stereocenters. The van der Waals surface area contributed by atoms with Gasteiger partial charge in [0.1, 0.15) is 11.6 Å². The highest BCUT2D eigenvalue weighted by Gasteiger charge is 2.34. The molecule has 0 saturated carbocycles. The van der Waals surface area contributed by atoms with E-state index in [-0.39, 0.29) is 11.6 Å². The Kier molecular flexibility index (Phi) is 4.37. The van der Waals surface area contributed by atoms with Crippen LogP contribution in [0.3, 0.4) is 0 Å². The summed E-state index contributed by atoms with van der Waals surface area (Å²) in [5.41, 5.74) is -0.736. The molecule has 0 amide bonds. The Labute approximate surface area is 117 Å². The van der Waals surface area contributed by atoms with Gasteiger partial charge in [0.2, 0.25) is 5.88 Å². The maximum Gasteiger partial charge on any atom is 0.419 e. The topological polar surface area (TPSA) is 47.0 Å². The Morgan fingerprint density at radius 2 is 1.95 bits per heavy atom. The van der Waals surface area contributed by atoms with Gasteiger partial charge >= 0.3 is 6.18 Å². The second-order valence-electron chi connectivity index (χ2n) is 4.12. The van der Waals surface area contributed by atoms with Crippen molar-refractivity contribution in [3.8, 4) is 11.6 Å². The Balaban J connectivity index is 2.20. The van der Waals surface area contributed by atoms with Gasteiger partial charge in [-0.15, -0.1) is 0 Å². The average Bonchev–Trinajstić information content (AvgIpc) is 2.42. The summed E-state index contributed by atoms with van der Waals surface area (Å²) in [5, 5.41) is 2.87. The van der Waals surface area contributed by atoms with Gasteiger partial charge in [0.25, 0.3) is 0 Å². The van der Waals surface area contributed by atoms with Gasteiger partial charge in [-0.05, 0) is 25.2 Å². The Hall–Kier alpha value is -2.22. The van der Waals surface area contributed by atoms with Crippen molar-refractivity contribution < 1.29 is 22.3 Å². The van der Waals surface area contributed by atoms with Gasteiger partial charge in [-0.2, -0.15) is 13.2 Å². The van der Waals surface area contributed by atoms with Crippen molar-refractivity contribution in [2.24, 2.45) is 0 Å². The maximum atomic E-state index is 13.1. The molecule has 0 unspecified atom stereocenters. The van der Waals surface area contributed by atoms with Crippen LogP contribution in [0, 0.1) is 5.82 Å². The molecule has 0 fully saturated rings. The lowest BCUT2D eigenvalue weighted by Crippen LogP contribution is -2.08. The molecule has 0 radical (unpaired) electrons. The van der Waals surface area contributed by atoms with E-state index in [1.807, 2.05) is 0 Å². The first kappa shape index (κ1) is 15.2. The summed E-state index contributed by atoms with van der Waals surface area (Å²) in [5.74, 6) is -1.50. The van der Waals surface area contributed by atoms with E-state index in [2.05, 4.69) is 15.3 Å². The van der Waals surface area contributed by atoms with Crippen LogP contribution in [0.4, 0.5) is 17.6 Å². The molecule has 0 spiro atoms. The zero-order valence-electron chi connectivity index (χ0n) is 10.9. The second-order valence-corrected chi connectivity index (χ2v) is 4.12. The number of benzene rings is 1. The Morgan fingerprint density at radius 1 is 1.19 bits per heavy atom. The van der Waals surface area contributed by atoms with Crippen molar-refractivity contribution in [3.05, 3.63) is 47.7 Å². The number of hydrogen-bond acceptors (Lipinski definition) is 4. The van der Waals surface area contributed by atoms with Crippen LogP contribution in [0.2, 0.25) is 0 Å². The number of halogens is 4. The van der Waals surface area contributed by atoms with Crippen LogP contribution in [0.1, 0.15) is 11.3 Å². The third-order valence-corrected chi connectivity index (χ3v) is 2.51. The highest BCUT2D eigenvalue weighted by molar-refractivity contribution is 5.33. The predicted octanol–water partition coefficient (Wildman–Crippen LogP) is 3.15. The van der Waals surface area contributed by atoms with Crippen LogP contribution in [0.15, 0.2) is 30.6 Å². The summed E-state index contributed by atoms with van der Waals surface area (Å²) in [7, 11) is 1.74. The van der Waals surface area contributed by atoms with E-state index in [9.17, 15) is 17.6 Å². The first-order chi connectivity index (χ1) is 9.90. The van der Waals surface area contributed by atoms with E-state index in [0.717, 1.165) is 6.07 Å². The summed E-state index contributed by atoms with van der Waals surface area (Å²) >= 11 is 0. The van der Waals surface area contributed by atoms with E-state index in [1.54, 1.807) is 7.05 Å². The number of alkyl halides is 3. The smallest absolute Gasteiger partial charge is 0.419 e. The molecule has 0 saturated heterocycles. The van der Waals surface area contributed by atoms with Crippen molar-refractivity contribution >= 4 is 0 Å². The fraction of sp³-hybridized carbons (Fsp3) is 0.231. The van der Waals surface area contributed by atoms with Gasteiger partial charge in [-0.25, -0.2) is 9.37 Å². The Morgan fingerprint density at radius 3 is 2.52 bits per heavy atom. The quantitative estimate of drug-likeness (QED) is 0.881. The number of ether oxygens (including phenoxy) is 1. The van der Waals surface area contributed by atoms with Crippen LogP contribution < -0.4 is 10.1 Å². The molecule has 0 aliphatic carbocycles. The molecular weight excluding hydrogens is 290 g/mol. The van der Waals surface area contributed by atoms with Crippen molar-refractivity contribution in [2.75, 3.05) is 7.05 Å². The molecule has 0 aliphatic heterocycles. The van der Waals surface area contributed by atoms with E-state index < -0.39 is 17.6 Å². The molecule has 1 aromatic heterocycles. The first-order valence-corrected chi connectivity index (χ1v) is 5.90. The number of nitrogens with zero attached hydrogens (tertiary/aromatic N) is 2. The van der Waals surface area contributed by atoms with Crippen LogP contribution in [-0.2, 0) is 12.7 Å². The molecule has 21 heavy (non-hydrogen) atoms. The highest BCUT2D eigenvalue weighted by atomic mass is 19.4. The second kappa shape index (κ2) is 6.04. The lowest BCUT2D eigenvalue weighted by Gasteiger charge is -2.10. The average molecular weight is 301 g/mol. The standard InChI is InChI=1S/C13H11F4N3O/c1-18-5-8-6-20-12(7-19-8)21-9-2-3-11(14)10(4-9)13(15,16)17/h2-4,6-7,18H,5H2,1H3. The predicted molar refractivity (Wildman–Crippen MR) is 66.3 cm³/mol. The number of hydrogen-bond donors (Lipinski definition) is 1. The SMILES string of the molecule is CNCc1cnc(Oc2ccc(F)c(C(F)(F)F)c2)cn1. The summed E-state index contributed by atoms with van der Waals surface area (Å²) in [6.45, 7) is 0.502. The Bertz CT molecular complexity index is 614. The summed E-state index contributed by atoms with van der Waals surface area (Å²) in [6.07, 6.45) is -2.07. The van der Waals surface area contributed by atoms with Crippen molar-refractivity contribution in [3.63, 3.8) is 0 Å². The van der Waals surface area contributed by atoms with Crippen LogP contribution in [0.5, 0.6) is 11.6 Å². The van der Waals surface area contributed by atoms with Crippen LogP contribution in [0.25, 0.3) is 0 Å². The van der Waals surface area contributed by atoms with Crippen molar-refractivity contribution in [2.45, 2.75) is 12.7 Å². The zero-order chi connectivity index (χ0) is 15.5. The fourth-order valence-electron chi connectivity index (χ4n) is 1.57. The van der Waals surface area contributed by atoms with E-state index in [1.165, 1.54) is 12.4 Å². The monoisotopic (exact) mass is 301 g/mol. The molecule has 0 aliphatic rings. The summed E-state index contributed by atoms with van der Waals surface area (Å²) in [6, 6.07) is 2.37. The lowest BCUT2D eigenvalue weighted by atomic mass is 10.2. The van der Waals surface area contributed by atoms with E-state index in [0.29, 0.717) is 24.4 Å². The van der Waals surface area contributed by atoms with E-state index >= 15 is 0 Å². The minimum Gasteiger partial charge on any atom is -0.437 e. The maximum absolute atomic E-state index is 13.1. The van der Waals surface area contributed by atoms with Gasteiger partial charge in [0.15, 0.2) is 0 Å². The summed E-state index contributed by atoms with van der Waals surface area (Å²) in [4.78, 5) is 7.91. The molecular formula is C13H11F4N3O. The lowest BCUT2D eigenvalue weighted by molar-refractivity contribution is -0.140. The van der Waals surface area contributed by atoms with Gasteiger partial charge in [-0.3, -0.25) is 4.98 Å². The largest absolute Gasteiger partial charge is 0.437 e. The molecule has 8 heteroatoms. The van der Waals surface area contributed by atoms with Gasteiger partial charge in [-0.1, -0.05) is 0 Å². The van der Waals surface area contributed by atoms with Crippen LogP contribution >= 0.6 is 0 Å². The van der Waals surface area contributed by atoms with E-state index in [4.69, 9.17) is 4.74 Å². The first-order valence-electron chi connectivity index (χ1n) is 5.90. The van der Waals surface area contributed by atoms with Gasteiger partial charge in [0, 0.05) is 6.54 Å². The number of rotatable bonds is 4. The fourth-order valence-corrected chi connectivity index (χ4v) is 1.57. The van der Waals surface area contributed by atoms with Crippen molar-refractivity contribution in [1.82, 2.24) is 15.3 Å². The minimum atomic E-state index is -4.79. The third-order valence-electron chi connectivity index (χ3n) is 2.51. The molecule has 0 bridgehead atoms. The third kappa shape index (κ3) is 3.88. The minimum absolute atomic E-state index is 0.0228. The molecule has 2 rings (SSSR count). The normalized spacial score (nSPS) is 11.5. The van der Waals surface area contributed by atoms with Gasteiger partial charge < -0.3 is 10.1 Å². The molecule has 112 valence electrons. The molecule has 4 nitrogen and oxygen atoms in total. The molecule has 1 aromatic carbocycles. The summed E-state index contributed by atoms with van der Waals surface area (Å²) < 4.78 is 56.0. The van der Waals surface area contributed by atoms with Gasteiger partial charge in [0.05, 0.1) is 23.7 Å². The molecule has 2 aromatic rings. The highest BCUT2D eigenvalue weighted by Crippen LogP contribution is 2.34.